The minimum atomic E-state index is -0.0108. The number of fused-ring (bicyclic) bond motifs is 1. The zero-order valence-electron chi connectivity index (χ0n) is 11.2. The molecule has 1 saturated heterocycles. The molecule has 0 bridgehead atoms. The van der Waals surface area contributed by atoms with Crippen molar-refractivity contribution in [2.24, 2.45) is 0 Å². The predicted molar refractivity (Wildman–Crippen MR) is 71.1 cm³/mol. The van der Waals surface area contributed by atoms with E-state index < -0.39 is 0 Å². The van der Waals surface area contributed by atoms with Crippen LogP contribution in [0.4, 0.5) is 4.39 Å². The lowest BCUT2D eigenvalue weighted by molar-refractivity contribution is 0.213. The molecule has 3 heteroatoms. The monoisotopic (exact) mass is 248 g/mol. The molecule has 0 radical (unpaired) electrons. The molecular formula is C15H21FN2. The molecule has 0 amide bonds. The fourth-order valence-electron chi connectivity index (χ4n) is 3.45. The third kappa shape index (κ3) is 1.95. The number of hydrogen-bond donors (Lipinski definition) is 0. The van der Waals surface area contributed by atoms with Gasteiger partial charge in [-0.3, -0.25) is 4.90 Å². The first-order chi connectivity index (χ1) is 8.66. The number of halogens is 1. The van der Waals surface area contributed by atoms with Crippen molar-refractivity contribution in [3.05, 3.63) is 35.1 Å². The van der Waals surface area contributed by atoms with E-state index in [4.69, 9.17) is 0 Å². The van der Waals surface area contributed by atoms with Gasteiger partial charge >= 0.3 is 0 Å². The summed E-state index contributed by atoms with van der Waals surface area (Å²) in [5.41, 5.74) is 2.19. The van der Waals surface area contributed by atoms with Gasteiger partial charge in [0.15, 0.2) is 0 Å². The van der Waals surface area contributed by atoms with E-state index in [0.29, 0.717) is 12.1 Å². The lowest BCUT2D eigenvalue weighted by atomic mass is 10.1. The van der Waals surface area contributed by atoms with E-state index in [2.05, 4.69) is 30.0 Å². The Bertz CT molecular complexity index is 444. The average molecular weight is 248 g/mol. The van der Waals surface area contributed by atoms with Crippen molar-refractivity contribution < 1.29 is 4.39 Å². The molecule has 0 unspecified atom stereocenters. The molecule has 0 N–H and O–H groups in total. The Morgan fingerprint density at radius 3 is 2.83 bits per heavy atom. The van der Waals surface area contributed by atoms with Gasteiger partial charge in [-0.25, -0.2) is 4.39 Å². The Kier molecular flexibility index (Phi) is 3.12. The van der Waals surface area contributed by atoms with Crippen molar-refractivity contribution in [1.29, 1.82) is 0 Å². The molecule has 2 aliphatic rings. The first-order valence-electron chi connectivity index (χ1n) is 6.84. The molecule has 1 fully saturated rings. The van der Waals surface area contributed by atoms with E-state index in [-0.39, 0.29) is 5.82 Å². The van der Waals surface area contributed by atoms with Crippen molar-refractivity contribution in [3.63, 3.8) is 0 Å². The van der Waals surface area contributed by atoms with Gasteiger partial charge in [-0.2, -0.15) is 0 Å². The molecule has 98 valence electrons. The van der Waals surface area contributed by atoms with E-state index in [9.17, 15) is 4.39 Å². The lowest BCUT2D eigenvalue weighted by Crippen LogP contribution is -2.33. The van der Waals surface area contributed by atoms with Gasteiger partial charge in [0.1, 0.15) is 5.82 Å². The van der Waals surface area contributed by atoms with Crippen LogP contribution in [0.1, 0.15) is 30.0 Å². The summed E-state index contributed by atoms with van der Waals surface area (Å²) < 4.78 is 14.0. The quantitative estimate of drug-likeness (QED) is 0.793. The highest BCUT2D eigenvalue weighted by molar-refractivity contribution is 5.36. The highest BCUT2D eigenvalue weighted by Crippen LogP contribution is 2.39. The van der Waals surface area contributed by atoms with Crippen LogP contribution in [-0.4, -0.2) is 43.0 Å². The van der Waals surface area contributed by atoms with Crippen LogP contribution >= 0.6 is 0 Å². The first-order valence-corrected chi connectivity index (χ1v) is 6.84. The van der Waals surface area contributed by atoms with Crippen LogP contribution in [0.15, 0.2) is 18.2 Å². The normalized spacial score (nSPS) is 28.0. The Balaban J connectivity index is 1.81. The number of hydrogen-bond acceptors (Lipinski definition) is 2. The fraction of sp³-hybridized carbons (Fsp3) is 0.600. The van der Waals surface area contributed by atoms with E-state index in [1.54, 1.807) is 6.07 Å². The van der Waals surface area contributed by atoms with E-state index in [1.165, 1.54) is 12.0 Å². The predicted octanol–water partition coefficient (Wildman–Crippen LogP) is 2.45. The van der Waals surface area contributed by atoms with Crippen molar-refractivity contribution in [2.75, 3.05) is 27.2 Å². The van der Waals surface area contributed by atoms with E-state index >= 15 is 0 Å². The number of likely N-dealkylation sites (N-methyl/N-ethyl adjacent to an activating group) is 1. The molecular weight excluding hydrogens is 227 g/mol. The third-order valence-corrected chi connectivity index (χ3v) is 4.53. The van der Waals surface area contributed by atoms with Gasteiger partial charge in [-0.15, -0.1) is 0 Å². The Hall–Kier alpha value is -0.930. The molecule has 0 saturated carbocycles. The Labute approximate surface area is 108 Å². The number of likely N-dealkylation sites (tertiary alicyclic amines) is 1. The van der Waals surface area contributed by atoms with Gasteiger partial charge in [0.2, 0.25) is 0 Å². The molecule has 0 spiro atoms. The Morgan fingerprint density at radius 2 is 2.11 bits per heavy atom. The minimum Gasteiger partial charge on any atom is -0.305 e. The van der Waals surface area contributed by atoms with Crippen LogP contribution in [0.2, 0.25) is 0 Å². The van der Waals surface area contributed by atoms with Crippen LogP contribution in [0.25, 0.3) is 0 Å². The van der Waals surface area contributed by atoms with Gasteiger partial charge in [0.25, 0.3) is 0 Å². The van der Waals surface area contributed by atoms with Crippen LogP contribution < -0.4 is 0 Å². The highest BCUT2D eigenvalue weighted by Gasteiger charge is 2.35. The molecule has 2 nitrogen and oxygen atoms in total. The van der Waals surface area contributed by atoms with Crippen LogP contribution in [0.3, 0.4) is 0 Å². The van der Waals surface area contributed by atoms with E-state index in [1.807, 2.05) is 6.07 Å². The molecule has 2 atom stereocenters. The zero-order chi connectivity index (χ0) is 12.7. The standard InChI is InChI=1S/C15H21FN2/c1-17(2)12-8-9-18(10-12)14-7-6-11-4-3-5-13(16)15(11)14/h3-5,12,14H,6-10H2,1-2H3/t12-,14+/m0/s1. The fourth-order valence-corrected chi connectivity index (χ4v) is 3.45. The Morgan fingerprint density at radius 1 is 1.28 bits per heavy atom. The number of rotatable bonds is 2. The summed E-state index contributed by atoms with van der Waals surface area (Å²) in [6, 6.07) is 6.46. The smallest absolute Gasteiger partial charge is 0.128 e. The maximum Gasteiger partial charge on any atom is 0.128 e. The van der Waals surface area contributed by atoms with Crippen molar-refractivity contribution in [1.82, 2.24) is 9.80 Å². The summed E-state index contributed by atoms with van der Waals surface area (Å²) >= 11 is 0. The average Bonchev–Trinajstić information content (AvgIpc) is 2.94. The number of nitrogens with zero attached hydrogens (tertiary/aromatic N) is 2. The molecule has 3 rings (SSSR count). The molecule has 1 aliphatic carbocycles. The second kappa shape index (κ2) is 4.63. The molecule has 1 aromatic carbocycles. The summed E-state index contributed by atoms with van der Waals surface area (Å²) in [6.07, 6.45) is 3.31. The molecule has 1 heterocycles. The summed E-state index contributed by atoms with van der Waals surface area (Å²) in [5.74, 6) is -0.0108. The second-order valence-electron chi connectivity index (χ2n) is 5.77. The summed E-state index contributed by atoms with van der Waals surface area (Å²) in [6.45, 7) is 2.17. The van der Waals surface area contributed by atoms with Gasteiger partial charge in [0.05, 0.1) is 0 Å². The molecule has 0 aromatic heterocycles. The summed E-state index contributed by atoms with van der Waals surface area (Å²) in [5, 5.41) is 0. The molecule has 18 heavy (non-hydrogen) atoms. The maximum absolute atomic E-state index is 14.0. The van der Waals surface area contributed by atoms with Gasteiger partial charge in [0, 0.05) is 30.7 Å². The largest absolute Gasteiger partial charge is 0.305 e. The maximum atomic E-state index is 14.0. The first kappa shape index (κ1) is 12.1. The van der Waals surface area contributed by atoms with Gasteiger partial charge in [-0.1, -0.05) is 12.1 Å². The molecule has 1 aromatic rings. The van der Waals surface area contributed by atoms with Gasteiger partial charge < -0.3 is 4.90 Å². The highest BCUT2D eigenvalue weighted by atomic mass is 19.1. The van der Waals surface area contributed by atoms with Crippen molar-refractivity contribution in [2.45, 2.75) is 31.3 Å². The summed E-state index contributed by atoms with van der Waals surface area (Å²) in [4.78, 5) is 4.76. The van der Waals surface area contributed by atoms with Crippen LogP contribution in [-0.2, 0) is 6.42 Å². The van der Waals surface area contributed by atoms with Gasteiger partial charge in [-0.05, 0) is 45.0 Å². The van der Waals surface area contributed by atoms with Crippen molar-refractivity contribution >= 4 is 0 Å². The number of benzene rings is 1. The second-order valence-corrected chi connectivity index (χ2v) is 5.77. The zero-order valence-corrected chi connectivity index (χ0v) is 11.2. The lowest BCUT2D eigenvalue weighted by Gasteiger charge is -2.26. The summed E-state index contributed by atoms with van der Waals surface area (Å²) in [7, 11) is 4.27. The number of aryl methyl sites for hydroxylation is 1. The van der Waals surface area contributed by atoms with Crippen LogP contribution in [0.5, 0.6) is 0 Å². The molecule has 1 aliphatic heterocycles. The van der Waals surface area contributed by atoms with Crippen molar-refractivity contribution in [3.8, 4) is 0 Å². The topological polar surface area (TPSA) is 6.48 Å². The van der Waals surface area contributed by atoms with Crippen LogP contribution in [0, 0.1) is 5.82 Å². The SMILES string of the molecule is CN(C)[C@H]1CCN([C@@H]2CCc3cccc(F)c32)C1. The third-order valence-electron chi connectivity index (χ3n) is 4.53. The minimum absolute atomic E-state index is 0.0108. The van der Waals surface area contributed by atoms with E-state index in [0.717, 1.165) is 31.5 Å².